The lowest BCUT2D eigenvalue weighted by Crippen LogP contribution is -2.50. The Bertz CT molecular complexity index is 1270. The largest absolute Gasteiger partial charge is 0.416 e. The van der Waals surface area contributed by atoms with Crippen molar-refractivity contribution >= 4 is 27.5 Å². The molecule has 0 aliphatic carbocycles. The fraction of sp³-hybridized carbons (Fsp3) is 0.238. The molecule has 12 heteroatoms. The van der Waals surface area contributed by atoms with E-state index in [1.165, 1.54) is 9.58 Å². The number of piperazine rings is 1. The van der Waals surface area contributed by atoms with Gasteiger partial charge in [-0.3, -0.25) is 4.79 Å². The van der Waals surface area contributed by atoms with E-state index in [9.17, 15) is 26.4 Å². The number of alkyl halides is 3. The number of para-hydroxylation sites is 1. The second-order valence-electron chi connectivity index (χ2n) is 7.32. The molecule has 33 heavy (non-hydrogen) atoms. The first-order valence-electron chi connectivity index (χ1n) is 9.84. The Labute approximate surface area is 193 Å². The Kier molecular flexibility index (Phi) is 6.21. The van der Waals surface area contributed by atoms with Crippen LogP contribution in [0.5, 0.6) is 0 Å². The number of halogens is 4. The summed E-state index contributed by atoms with van der Waals surface area (Å²) in [5, 5.41) is 4.75. The van der Waals surface area contributed by atoms with Crippen molar-refractivity contribution in [3.05, 3.63) is 77.1 Å². The Morgan fingerprint density at radius 1 is 0.939 bits per heavy atom. The van der Waals surface area contributed by atoms with Crippen LogP contribution in [0.3, 0.4) is 0 Å². The molecule has 1 amide bonds. The maximum absolute atomic E-state index is 12.8. The molecular formula is C21H18ClF3N4O3S. The summed E-state index contributed by atoms with van der Waals surface area (Å²) in [4.78, 5) is 14.1. The molecule has 0 unspecified atom stereocenters. The van der Waals surface area contributed by atoms with Crippen molar-refractivity contribution < 1.29 is 26.4 Å². The number of sulfonamides is 1. The van der Waals surface area contributed by atoms with Crippen molar-refractivity contribution in [1.29, 1.82) is 0 Å². The van der Waals surface area contributed by atoms with Crippen LogP contribution in [0.25, 0.3) is 5.69 Å². The van der Waals surface area contributed by atoms with Crippen LogP contribution in [0.1, 0.15) is 16.1 Å². The third kappa shape index (κ3) is 4.75. The van der Waals surface area contributed by atoms with Gasteiger partial charge in [-0.2, -0.15) is 22.6 Å². The van der Waals surface area contributed by atoms with Crippen molar-refractivity contribution in [3.63, 3.8) is 0 Å². The normalized spacial score (nSPS) is 15.6. The molecule has 3 aromatic rings. The second-order valence-corrected chi connectivity index (χ2v) is 9.66. The molecule has 7 nitrogen and oxygen atoms in total. The smallest absolute Gasteiger partial charge is 0.335 e. The lowest BCUT2D eigenvalue weighted by Gasteiger charge is -2.33. The van der Waals surface area contributed by atoms with Gasteiger partial charge in [0.05, 0.1) is 21.2 Å². The van der Waals surface area contributed by atoms with Crippen molar-refractivity contribution in [3.8, 4) is 5.69 Å². The van der Waals surface area contributed by atoms with Crippen LogP contribution >= 0.6 is 11.6 Å². The highest BCUT2D eigenvalue weighted by molar-refractivity contribution is 7.89. The molecule has 0 saturated carbocycles. The Morgan fingerprint density at radius 3 is 2.18 bits per heavy atom. The highest BCUT2D eigenvalue weighted by Crippen LogP contribution is 2.30. The lowest BCUT2D eigenvalue weighted by molar-refractivity contribution is -0.137. The Morgan fingerprint density at radius 2 is 1.58 bits per heavy atom. The van der Waals surface area contributed by atoms with Crippen molar-refractivity contribution in [1.82, 2.24) is 19.0 Å². The molecule has 1 saturated heterocycles. The molecule has 0 bridgehead atoms. The topological polar surface area (TPSA) is 75.5 Å². The molecule has 1 aliphatic heterocycles. The standard InChI is InChI=1S/C21H18ClF3N4O3S/c22-17-3-1-2-4-19(17)29-10-9-18(26-29)20(30)27-11-13-28(14-12-27)33(31,32)16-7-5-15(6-8-16)21(23,24)25/h1-10H,11-14H2. The van der Waals surface area contributed by atoms with E-state index in [0.29, 0.717) is 10.7 Å². The number of benzene rings is 2. The Hall–Kier alpha value is -2.89. The zero-order valence-electron chi connectivity index (χ0n) is 17.0. The van der Waals surface area contributed by atoms with Gasteiger partial charge in [0.2, 0.25) is 10.0 Å². The zero-order chi connectivity index (χ0) is 23.8. The molecule has 174 valence electrons. The van der Waals surface area contributed by atoms with E-state index in [4.69, 9.17) is 11.6 Å². The first-order chi connectivity index (χ1) is 15.6. The van der Waals surface area contributed by atoms with Gasteiger partial charge in [-0.05, 0) is 42.5 Å². The van der Waals surface area contributed by atoms with Gasteiger partial charge in [0.25, 0.3) is 5.91 Å². The monoisotopic (exact) mass is 498 g/mol. The number of carbonyl (C=O) groups excluding carboxylic acids is 1. The number of amides is 1. The van der Waals surface area contributed by atoms with Crippen LogP contribution < -0.4 is 0 Å². The van der Waals surface area contributed by atoms with Gasteiger partial charge < -0.3 is 4.90 Å². The number of carbonyl (C=O) groups is 1. The molecule has 0 spiro atoms. The number of rotatable bonds is 4. The minimum atomic E-state index is -4.55. The Balaban J connectivity index is 1.42. The molecule has 4 rings (SSSR count). The summed E-state index contributed by atoms with van der Waals surface area (Å²) >= 11 is 6.16. The molecule has 1 aromatic heterocycles. The van der Waals surface area contributed by atoms with Gasteiger partial charge >= 0.3 is 6.18 Å². The highest BCUT2D eigenvalue weighted by Gasteiger charge is 2.33. The van der Waals surface area contributed by atoms with E-state index in [0.717, 1.165) is 28.6 Å². The lowest BCUT2D eigenvalue weighted by atomic mass is 10.2. The summed E-state index contributed by atoms with van der Waals surface area (Å²) in [5.74, 6) is -0.354. The number of hydrogen-bond acceptors (Lipinski definition) is 4. The molecule has 0 atom stereocenters. The SMILES string of the molecule is O=C(c1ccn(-c2ccccc2Cl)n1)N1CCN(S(=O)(=O)c2ccc(C(F)(F)F)cc2)CC1. The number of hydrogen-bond donors (Lipinski definition) is 0. The third-order valence-corrected chi connectivity index (χ3v) is 7.49. The third-order valence-electron chi connectivity index (χ3n) is 5.25. The van der Waals surface area contributed by atoms with Crippen LogP contribution in [-0.4, -0.2) is 59.5 Å². The average Bonchev–Trinajstić information content (AvgIpc) is 3.28. The van der Waals surface area contributed by atoms with E-state index in [-0.39, 0.29) is 42.7 Å². The van der Waals surface area contributed by atoms with Crippen molar-refractivity contribution in [2.24, 2.45) is 0 Å². The first-order valence-corrected chi connectivity index (χ1v) is 11.7. The van der Waals surface area contributed by atoms with E-state index in [2.05, 4.69) is 5.10 Å². The summed E-state index contributed by atoms with van der Waals surface area (Å²) in [6.07, 6.45) is -2.94. The summed E-state index contributed by atoms with van der Waals surface area (Å²) in [6.45, 7) is 0.274. The highest BCUT2D eigenvalue weighted by atomic mass is 35.5. The zero-order valence-corrected chi connectivity index (χ0v) is 18.6. The minimum Gasteiger partial charge on any atom is -0.335 e. The molecule has 0 N–H and O–H groups in total. The fourth-order valence-electron chi connectivity index (χ4n) is 3.47. The van der Waals surface area contributed by atoms with Gasteiger partial charge in [-0.1, -0.05) is 23.7 Å². The molecule has 1 aliphatic rings. The molecule has 1 fully saturated rings. The van der Waals surface area contributed by atoms with E-state index in [1.807, 2.05) is 0 Å². The van der Waals surface area contributed by atoms with Gasteiger partial charge in [-0.25, -0.2) is 13.1 Å². The second kappa shape index (κ2) is 8.81. The van der Waals surface area contributed by atoms with Gasteiger partial charge in [-0.15, -0.1) is 0 Å². The summed E-state index contributed by atoms with van der Waals surface area (Å²) in [7, 11) is -3.98. The van der Waals surface area contributed by atoms with E-state index >= 15 is 0 Å². The van der Waals surface area contributed by atoms with E-state index < -0.39 is 21.8 Å². The van der Waals surface area contributed by atoms with Gasteiger partial charge in [0, 0.05) is 32.4 Å². The summed E-state index contributed by atoms with van der Waals surface area (Å²) in [5.41, 5.74) is -0.118. The van der Waals surface area contributed by atoms with Gasteiger partial charge in [0.1, 0.15) is 0 Å². The first kappa shape index (κ1) is 23.3. The number of nitrogens with zero attached hydrogens (tertiary/aromatic N) is 4. The summed E-state index contributed by atoms with van der Waals surface area (Å²) in [6, 6.07) is 11.9. The van der Waals surface area contributed by atoms with Crippen molar-refractivity contribution in [2.75, 3.05) is 26.2 Å². The predicted molar refractivity (Wildman–Crippen MR) is 115 cm³/mol. The average molecular weight is 499 g/mol. The molecule has 0 radical (unpaired) electrons. The maximum Gasteiger partial charge on any atom is 0.416 e. The molecule has 2 heterocycles. The fourth-order valence-corrected chi connectivity index (χ4v) is 5.11. The quantitative estimate of drug-likeness (QED) is 0.550. The van der Waals surface area contributed by atoms with Crippen LogP contribution in [-0.2, 0) is 16.2 Å². The predicted octanol–water partition coefficient (Wildman–Crippen LogP) is 3.69. The molecule has 2 aromatic carbocycles. The van der Waals surface area contributed by atoms with Gasteiger partial charge in [0.15, 0.2) is 5.69 Å². The number of aromatic nitrogens is 2. The van der Waals surface area contributed by atoms with Crippen LogP contribution in [0.4, 0.5) is 13.2 Å². The van der Waals surface area contributed by atoms with Crippen LogP contribution in [0.15, 0.2) is 65.7 Å². The summed E-state index contributed by atoms with van der Waals surface area (Å²) < 4.78 is 66.5. The van der Waals surface area contributed by atoms with Crippen LogP contribution in [0, 0.1) is 0 Å². The van der Waals surface area contributed by atoms with Crippen molar-refractivity contribution in [2.45, 2.75) is 11.1 Å². The maximum atomic E-state index is 12.8. The molecular weight excluding hydrogens is 481 g/mol. The van der Waals surface area contributed by atoms with E-state index in [1.54, 1.807) is 36.5 Å². The minimum absolute atomic E-state index is 0.0142. The van der Waals surface area contributed by atoms with Crippen LogP contribution in [0.2, 0.25) is 5.02 Å².